The second kappa shape index (κ2) is 18.5. The molecule has 8 heteroatoms. The van der Waals surface area contributed by atoms with E-state index in [-0.39, 0.29) is 12.3 Å². The molecule has 150 valence electrons. The van der Waals surface area contributed by atoms with Gasteiger partial charge in [-0.2, -0.15) is 0 Å². The maximum absolute atomic E-state index is 10.6. The summed E-state index contributed by atoms with van der Waals surface area (Å²) < 4.78 is 4.57. The summed E-state index contributed by atoms with van der Waals surface area (Å²) in [5.41, 5.74) is 11.0. The maximum atomic E-state index is 10.6. The first-order chi connectivity index (χ1) is 12.9. The van der Waals surface area contributed by atoms with Gasteiger partial charge in [0.05, 0.1) is 18.9 Å². The van der Waals surface area contributed by atoms with Crippen molar-refractivity contribution >= 4 is 30.5 Å². The van der Waals surface area contributed by atoms with Crippen molar-refractivity contribution in [2.75, 3.05) is 26.9 Å². The first-order valence-corrected chi connectivity index (χ1v) is 8.58. The lowest BCUT2D eigenvalue weighted by Crippen LogP contribution is -2.22. The number of nitrogens with two attached hydrogens (primary N) is 2. The third kappa shape index (κ3) is 15.7. The Morgan fingerprint density at radius 1 is 1.41 bits per heavy atom. The van der Waals surface area contributed by atoms with Crippen LogP contribution in [-0.2, 0) is 9.53 Å². The van der Waals surface area contributed by atoms with E-state index in [2.05, 4.69) is 28.9 Å². The number of ether oxygens (including phenoxy) is 1. The lowest BCUT2D eigenvalue weighted by molar-refractivity contribution is -0.112. The van der Waals surface area contributed by atoms with Gasteiger partial charge in [0.25, 0.3) is 5.91 Å². The van der Waals surface area contributed by atoms with Gasteiger partial charge >= 0.3 is 0 Å². The van der Waals surface area contributed by atoms with Gasteiger partial charge in [0, 0.05) is 30.3 Å². The molecule has 0 aliphatic heterocycles. The zero-order valence-electron chi connectivity index (χ0n) is 15.9. The smallest absolute Gasteiger partial charge is 0.267 e. The van der Waals surface area contributed by atoms with Gasteiger partial charge < -0.3 is 21.3 Å². The van der Waals surface area contributed by atoms with Crippen molar-refractivity contribution in [3.05, 3.63) is 54.3 Å². The van der Waals surface area contributed by atoms with Crippen molar-refractivity contribution in [3.8, 4) is 0 Å². The molecule has 0 atom stereocenters. The first-order valence-electron chi connectivity index (χ1n) is 8.14. The minimum absolute atomic E-state index is 0.00181. The van der Waals surface area contributed by atoms with E-state index in [4.69, 9.17) is 22.0 Å². The minimum atomic E-state index is -0.720. The van der Waals surface area contributed by atoms with Crippen LogP contribution in [0.1, 0.15) is 18.9 Å². The number of hydrogen-bond acceptors (Lipinski definition) is 7. The van der Waals surface area contributed by atoms with Crippen molar-refractivity contribution in [1.29, 1.82) is 5.41 Å². The summed E-state index contributed by atoms with van der Waals surface area (Å²) in [6.45, 7) is 6.65. The number of carbonyl (C=O) groups is 1. The van der Waals surface area contributed by atoms with Crippen molar-refractivity contribution in [2.24, 2.45) is 16.5 Å². The topological polar surface area (TPSA) is 135 Å². The largest absolute Gasteiger partial charge is 0.390 e. The summed E-state index contributed by atoms with van der Waals surface area (Å²) in [5.74, 6) is -0.720. The Morgan fingerprint density at radius 2 is 2.00 bits per heavy atom. The number of nitrogens with zero attached hydrogens (tertiary/aromatic N) is 1. The number of carbonyl (C=O) groups excluding carboxylic acids is 1. The number of primary amides is 1. The second-order valence-corrected chi connectivity index (χ2v) is 5.35. The first kappa shape index (κ1) is 27.0. The van der Waals surface area contributed by atoms with Gasteiger partial charge in [-0.05, 0) is 25.5 Å². The van der Waals surface area contributed by atoms with Crippen LogP contribution in [0.3, 0.4) is 0 Å². The number of nitrogens with one attached hydrogen (secondary N) is 1. The van der Waals surface area contributed by atoms with E-state index in [0.29, 0.717) is 24.4 Å². The molecule has 7 nitrogen and oxygen atoms in total. The van der Waals surface area contributed by atoms with Crippen molar-refractivity contribution < 1.29 is 14.6 Å². The molecule has 0 aliphatic carbocycles. The summed E-state index contributed by atoms with van der Waals surface area (Å²) in [7, 11) is 1.63. The molecule has 0 radical (unpaired) electrons. The van der Waals surface area contributed by atoms with Gasteiger partial charge in [-0.3, -0.25) is 15.2 Å². The van der Waals surface area contributed by atoms with Crippen LogP contribution in [0.4, 0.5) is 0 Å². The van der Waals surface area contributed by atoms with Gasteiger partial charge in [0.1, 0.15) is 5.71 Å². The lowest BCUT2D eigenvalue weighted by Gasteiger charge is -1.98. The Balaban J connectivity index is 0. The van der Waals surface area contributed by atoms with E-state index in [1.807, 2.05) is 13.0 Å². The molecule has 0 unspecified atom stereocenters. The Labute approximate surface area is 166 Å². The number of hydrogen-bond donors (Lipinski definition) is 5. The normalized spacial score (nSPS) is 10.3. The van der Waals surface area contributed by atoms with Crippen LogP contribution >= 0.6 is 12.6 Å². The molecule has 1 aromatic carbocycles. The molecule has 1 rings (SSSR count). The molecule has 6 N–H and O–H groups in total. The van der Waals surface area contributed by atoms with Gasteiger partial charge in [-0.1, -0.05) is 24.3 Å². The monoisotopic (exact) mass is 394 g/mol. The molecule has 0 fully saturated rings. The van der Waals surface area contributed by atoms with Crippen LogP contribution in [0.15, 0.2) is 58.6 Å². The molecule has 27 heavy (non-hydrogen) atoms. The number of allylic oxidation sites excluding steroid dienone is 2. The Hall–Kier alpha value is -2.26. The van der Waals surface area contributed by atoms with Crippen LogP contribution in [0.25, 0.3) is 0 Å². The molecule has 1 amide bonds. The molecule has 0 bridgehead atoms. The highest BCUT2D eigenvalue weighted by Gasteiger charge is 2.05. The summed E-state index contributed by atoms with van der Waals surface area (Å²) in [4.78, 5) is 15.3. The van der Waals surface area contributed by atoms with E-state index in [1.165, 1.54) is 0 Å². The summed E-state index contributed by atoms with van der Waals surface area (Å²) in [5, 5.41) is 15.9. The Bertz CT molecular complexity index is 612. The van der Waals surface area contributed by atoms with Crippen molar-refractivity contribution in [1.82, 2.24) is 0 Å². The average molecular weight is 395 g/mol. The quantitative estimate of drug-likeness (QED) is 0.262. The summed E-state index contributed by atoms with van der Waals surface area (Å²) in [6, 6.07) is 6.68. The molecule has 1 aromatic rings. The number of aliphatic hydroxyl groups excluding tert-OH is 1. The Morgan fingerprint density at radius 3 is 2.33 bits per heavy atom. The molecular weight excluding hydrogens is 364 g/mol. The minimum Gasteiger partial charge on any atom is -0.390 e. The number of benzene rings is 1. The molecule has 0 saturated heterocycles. The summed E-state index contributed by atoms with van der Waals surface area (Å²) in [6.07, 6.45) is 6.02. The highest BCUT2D eigenvalue weighted by atomic mass is 32.1. The fourth-order valence-electron chi connectivity index (χ4n) is 1.43. The maximum Gasteiger partial charge on any atom is 0.267 e. The van der Waals surface area contributed by atoms with Gasteiger partial charge in [0.15, 0.2) is 0 Å². The zero-order chi connectivity index (χ0) is 21.1. The van der Waals surface area contributed by atoms with Crippen LogP contribution < -0.4 is 11.5 Å². The third-order valence-corrected chi connectivity index (χ3v) is 3.00. The average Bonchev–Trinajstić information content (AvgIpc) is 2.66. The predicted molar refractivity (Wildman–Crippen MR) is 115 cm³/mol. The van der Waals surface area contributed by atoms with Crippen LogP contribution in [0.5, 0.6) is 0 Å². The van der Waals surface area contributed by atoms with E-state index in [0.717, 1.165) is 11.3 Å². The standard InChI is InChI=1S/C8H8N2OS.C8H13NO.C3H9NO/c9-7(8(10)11)5-1-3-6(12)4-2-5;1-3-5-6-8(7-10)9-4-2;1-5-3-2-4/h1-4,9,12H,(H2,10,11);3-4,6,10H,1,5,7H2,2H3;2-4H2,1H3/b;8-6-,9-4?;. The second-order valence-electron chi connectivity index (χ2n) is 4.83. The van der Waals surface area contributed by atoms with Crippen LogP contribution in [0.2, 0.25) is 0 Å². The molecule has 0 heterocycles. The van der Waals surface area contributed by atoms with E-state index < -0.39 is 5.91 Å². The summed E-state index contributed by atoms with van der Waals surface area (Å²) >= 11 is 4.07. The van der Waals surface area contributed by atoms with E-state index >= 15 is 0 Å². The molecule has 0 saturated carbocycles. The van der Waals surface area contributed by atoms with Gasteiger partial charge in [0.2, 0.25) is 0 Å². The van der Waals surface area contributed by atoms with Crippen LogP contribution in [-0.4, -0.2) is 49.8 Å². The fourth-order valence-corrected chi connectivity index (χ4v) is 1.58. The van der Waals surface area contributed by atoms with E-state index in [1.54, 1.807) is 43.7 Å². The zero-order valence-corrected chi connectivity index (χ0v) is 16.8. The number of aliphatic imine (C=N–C) groups is 1. The molecule has 0 aromatic heterocycles. The molecule has 0 aliphatic rings. The number of aliphatic hydroxyl groups is 1. The van der Waals surface area contributed by atoms with Crippen molar-refractivity contribution in [3.63, 3.8) is 0 Å². The van der Waals surface area contributed by atoms with Crippen LogP contribution in [0, 0.1) is 5.41 Å². The SMILES string of the molecule is C=CC/C=C(/CO)N=CC.COCCN.N=C(C(N)=O)c1ccc(S)cc1. The van der Waals surface area contributed by atoms with Crippen molar-refractivity contribution in [2.45, 2.75) is 18.2 Å². The highest BCUT2D eigenvalue weighted by Crippen LogP contribution is 2.07. The van der Waals surface area contributed by atoms with Gasteiger partial charge in [-0.15, -0.1) is 19.2 Å². The third-order valence-electron chi connectivity index (χ3n) is 2.70. The fraction of sp³-hybridized carbons (Fsp3) is 0.316. The molecule has 0 spiro atoms. The number of rotatable bonds is 8. The predicted octanol–water partition coefficient (Wildman–Crippen LogP) is 1.95. The van der Waals surface area contributed by atoms with E-state index in [9.17, 15) is 4.79 Å². The number of amides is 1. The highest BCUT2D eigenvalue weighted by molar-refractivity contribution is 7.80. The lowest BCUT2D eigenvalue weighted by atomic mass is 10.1. The molecular formula is C19H30N4O3S. The van der Waals surface area contributed by atoms with Gasteiger partial charge in [-0.25, -0.2) is 0 Å². The number of methoxy groups -OCH3 is 1. The number of thiol groups is 1. The Kier molecular flexibility index (Phi) is 18.5.